The second kappa shape index (κ2) is 4.66. The maximum absolute atomic E-state index is 5.09. The lowest BCUT2D eigenvalue weighted by Gasteiger charge is -1.90. The normalized spacial score (nSPS) is 10.6. The Morgan fingerprint density at radius 3 is 2.64 bits per heavy atom. The minimum absolute atomic E-state index is 0.703. The highest BCUT2D eigenvalue weighted by Crippen LogP contribution is 1.99. The average molecular weight is 148 g/mol. The van der Waals surface area contributed by atoms with Crippen LogP contribution in [0.2, 0.25) is 0 Å². The standard InChI is InChI=1S/C9H12N2/c10-11-8-4-7-9-5-2-1-3-6-9/h1-7,11H,8,10H2/b7-4+. The van der Waals surface area contributed by atoms with Crippen LogP contribution in [0.5, 0.6) is 0 Å². The lowest BCUT2D eigenvalue weighted by molar-refractivity contribution is 0.825. The third-order valence-corrected chi connectivity index (χ3v) is 1.35. The molecule has 2 heteroatoms. The topological polar surface area (TPSA) is 38.0 Å². The molecular formula is C9H12N2. The van der Waals surface area contributed by atoms with Crippen LogP contribution in [0.25, 0.3) is 6.08 Å². The van der Waals surface area contributed by atoms with Crippen LogP contribution in [-0.2, 0) is 0 Å². The van der Waals surface area contributed by atoms with Crippen LogP contribution in [-0.4, -0.2) is 6.54 Å². The quantitative estimate of drug-likeness (QED) is 0.498. The van der Waals surface area contributed by atoms with Crippen molar-refractivity contribution in [1.29, 1.82) is 0 Å². The summed E-state index contributed by atoms with van der Waals surface area (Å²) in [6.45, 7) is 0.703. The van der Waals surface area contributed by atoms with E-state index in [-0.39, 0.29) is 0 Å². The largest absolute Gasteiger partial charge is 0.271 e. The summed E-state index contributed by atoms with van der Waals surface area (Å²) in [6, 6.07) is 10.1. The first-order valence-electron chi connectivity index (χ1n) is 3.58. The van der Waals surface area contributed by atoms with Gasteiger partial charge in [-0.1, -0.05) is 42.5 Å². The third-order valence-electron chi connectivity index (χ3n) is 1.35. The number of hydrogen-bond acceptors (Lipinski definition) is 2. The van der Waals surface area contributed by atoms with Crippen molar-refractivity contribution < 1.29 is 0 Å². The number of hydrazine groups is 1. The number of rotatable bonds is 3. The third kappa shape index (κ3) is 2.98. The van der Waals surface area contributed by atoms with E-state index in [9.17, 15) is 0 Å². The lowest BCUT2D eigenvalue weighted by atomic mass is 10.2. The predicted octanol–water partition coefficient (Wildman–Crippen LogP) is 1.16. The first-order valence-corrected chi connectivity index (χ1v) is 3.58. The minimum atomic E-state index is 0.703. The Morgan fingerprint density at radius 2 is 2.00 bits per heavy atom. The molecule has 0 heterocycles. The molecule has 0 unspecified atom stereocenters. The molecule has 0 aliphatic heterocycles. The second-order valence-corrected chi connectivity index (χ2v) is 2.22. The fourth-order valence-electron chi connectivity index (χ4n) is 0.827. The van der Waals surface area contributed by atoms with Crippen molar-refractivity contribution in [2.24, 2.45) is 5.84 Å². The molecule has 11 heavy (non-hydrogen) atoms. The van der Waals surface area contributed by atoms with Crippen LogP contribution in [0.3, 0.4) is 0 Å². The fourth-order valence-corrected chi connectivity index (χ4v) is 0.827. The van der Waals surface area contributed by atoms with Gasteiger partial charge in [0.15, 0.2) is 0 Å². The van der Waals surface area contributed by atoms with Gasteiger partial charge in [-0.2, -0.15) is 0 Å². The molecule has 1 rings (SSSR count). The summed E-state index contributed by atoms with van der Waals surface area (Å²) in [6.07, 6.45) is 4.01. The molecule has 1 aromatic rings. The minimum Gasteiger partial charge on any atom is -0.271 e. The van der Waals surface area contributed by atoms with Gasteiger partial charge in [-0.25, -0.2) is 0 Å². The van der Waals surface area contributed by atoms with Crippen molar-refractivity contribution in [3.05, 3.63) is 42.0 Å². The number of hydrogen-bond donors (Lipinski definition) is 2. The summed E-state index contributed by atoms with van der Waals surface area (Å²) in [7, 11) is 0. The van der Waals surface area contributed by atoms with E-state index in [2.05, 4.69) is 5.43 Å². The molecule has 0 aliphatic carbocycles. The highest BCUT2D eigenvalue weighted by molar-refractivity contribution is 5.48. The Balaban J connectivity index is 2.50. The van der Waals surface area contributed by atoms with Gasteiger partial charge in [0.1, 0.15) is 0 Å². The van der Waals surface area contributed by atoms with Crippen LogP contribution >= 0.6 is 0 Å². The molecular weight excluding hydrogens is 136 g/mol. The van der Waals surface area contributed by atoms with E-state index in [1.165, 1.54) is 5.56 Å². The van der Waals surface area contributed by atoms with Gasteiger partial charge in [-0.15, -0.1) is 0 Å². The molecule has 0 atom stereocenters. The van der Waals surface area contributed by atoms with Crippen molar-refractivity contribution in [1.82, 2.24) is 5.43 Å². The van der Waals surface area contributed by atoms with E-state index >= 15 is 0 Å². The van der Waals surface area contributed by atoms with Crippen molar-refractivity contribution in [2.75, 3.05) is 6.54 Å². The zero-order valence-electron chi connectivity index (χ0n) is 6.33. The molecule has 58 valence electrons. The Labute approximate surface area is 66.7 Å². The molecule has 0 amide bonds. The lowest BCUT2D eigenvalue weighted by Crippen LogP contribution is -2.21. The number of nitrogens with two attached hydrogens (primary N) is 1. The highest BCUT2D eigenvalue weighted by Gasteiger charge is 1.80. The van der Waals surface area contributed by atoms with Crippen LogP contribution in [0.15, 0.2) is 36.4 Å². The average Bonchev–Trinajstić information content (AvgIpc) is 2.07. The van der Waals surface area contributed by atoms with Gasteiger partial charge in [-0.05, 0) is 5.56 Å². The summed E-state index contributed by atoms with van der Waals surface area (Å²) in [4.78, 5) is 0. The molecule has 0 bridgehead atoms. The van der Waals surface area contributed by atoms with Crippen molar-refractivity contribution in [3.8, 4) is 0 Å². The first kappa shape index (κ1) is 7.98. The van der Waals surface area contributed by atoms with E-state index < -0.39 is 0 Å². The van der Waals surface area contributed by atoms with E-state index in [0.717, 1.165) is 0 Å². The second-order valence-electron chi connectivity index (χ2n) is 2.22. The van der Waals surface area contributed by atoms with Crippen LogP contribution in [0, 0.1) is 0 Å². The van der Waals surface area contributed by atoms with Crippen molar-refractivity contribution >= 4 is 6.08 Å². The zero-order valence-corrected chi connectivity index (χ0v) is 6.33. The maximum atomic E-state index is 5.09. The molecule has 0 radical (unpaired) electrons. The zero-order chi connectivity index (χ0) is 7.94. The van der Waals surface area contributed by atoms with Gasteiger partial charge >= 0.3 is 0 Å². The Hall–Kier alpha value is -1.12. The van der Waals surface area contributed by atoms with Crippen LogP contribution < -0.4 is 11.3 Å². The summed E-state index contributed by atoms with van der Waals surface area (Å²) < 4.78 is 0. The van der Waals surface area contributed by atoms with Gasteiger partial charge in [-0.3, -0.25) is 11.3 Å². The van der Waals surface area contributed by atoms with Crippen molar-refractivity contribution in [2.45, 2.75) is 0 Å². The molecule has 2 nitrogen and oxygen atoms in total. The van der Waals surface area contributed by atoms with E-state index in [4.69, 9.17) is 5.84 Å². The van der Waals surface area contributed by atoms with Crippen LogP contribution in [0.4, 0.5) is 0 Å². The summed E-state index contributed by atoms with van der Waals surface area (Å²) in [5.41, 5.74) is 3.75. The smallest absolute Gasteiger partial charge is 0.0281 e. The summed E-state index contributed by atoms with van der Waals surface area (Å²) >= 11 is 0. The number of benzene rings is 1. The molecule has 0 saturated carbocycles. The first-order chi connectivity index (χ1) is 5.43. The Kier molecular flexibility index (Phi) is 3.38. The number of nitrogens with one attached hydrogen (secondary N) is 1. The fraction of sp³-hybridized carbons (Fsp3) is 0.111. The Morgan fingerprint density at radius 1 is 1.27 bits per heavy atom. The Bertz CT molecular complexity index is 216. The van der Waals surface area contributed by atoms with E-state index in [1.54, 1.807) is 0 Å². The monoisotopic (exact) mass is 148 g/mol. The van der Waals surface area contributed by atoms with Gasteiger partial charge in [0, 0.05) is 6.54 Å². The molecule has 1 aromatic carbocycles. The highest BCUT2D eigenvalue weighted by atomic mass is 15.2. The van der Waals surface area contributed by atoms with E-state index in [1.807, 2.05) is 42.5 Å². The van der Waals surface area contributed by atoms with Crippen LogP contribution in [0.1, 0.15) is 5.56 Å². The van der Waals surface area contributed by atoms with Gasteiger partial charge in [0.25, 0.3) is 0 Å². The predicted molar refractivity (Wildman–Crippen MR) is 47.7 cm³/mol. The molecule has 0 aliphatic rings. The maximum Gasteiger partial charge on any atom is 0.0281 e. The van der Waals surface area contributed by atoms with Gasteiger partial charge in [0.05, 0.1) is 0 Å². The van der Waals surface area contributed by atoms with Gasteiger partial charge < -0.3 is 0 Å². The summed E-state index contributed by atoms with van der Waals surface area (Å²) in [5, 5.41) is 0. The van der Waals surface area contributed by atoms with Crippen molar-refractivity contribution in [3.63, 3.8) is 0 Å². The molecule has 3 N–H and O–H groups in total. The molecule has 0 aromatic heterocycles. The van der Waals surface area contributed by atoms with E-state index in [0.29, 0.717) is 6.54 Å². The molecule has 0 spiro atoms. The SMILES string of the molecule is NNC/C=C/c1ccccc1. The molecule has 0 saturated heterocycles. The van der Waals surface area contributed by atoms with Gasteiger partial charge in [0.2, 0.25) is 0 Å². The molecule has 0 fully saturated rings. The summed E-state index contributed by atoms with van der Waals surface area (Å²) in [5.74, 6) is 5.09.